The number of carbonyl (C=O) groups excluding carboxylic acids is 3. The number of carbonyl (C=O) groups is 3. The van der Waals surface area contributed by atoms with Gasteiger partial charge in [-0.3, -0.25) is 14.4 Å². The van der Waals surface area contributed by atoms with Gasteiger partial charge < -0.3 is 14.2 Å². The normalized spacial score (nSPS) is 13.4. The Morgan fingerprint density at radius 1 is 0.266 bits per heavy atom. The van der Waals surface area contributed by atoms with E-state index in [0.717, 1.165) is 173 Å². The number of allylic oxidation sites excluding steroid dienone is 30. The average Bonchev–Trinajstić information content (AvgIpc) is 3.45. The molecule has 0 aliphatic rings. The molecule has 0 saturated heterocycles. The first-order valence-electron chi connectivity index (χ1n) is 31.3. The first kappa shape index (κ1) is 73.5. The molecule has 0 aliphatic carbocycles. The minimum atomic E-state index is -0.809. The molecule has 0 amide bonds. The van der Waals surface area contributed by atoms with Gasteiger partial charge in [-0.15, -0.1) is 0 Å². The highest BCUT2D eigenvalue weighted by atomic mass is 16.6. The van der Waals surface area contributed by atoms with Gasteiger partial charge in [0.2, 0.25) is 0 Å². The van der Waals surface area contributed by atoms with Gasteiger partial charge in [-0.05, 0) is 141 Å². The molecule has 0 spiro atoms. The Balaban J connectivity index is 4.23. The zero-order valence-electron chi connectivity index (χ0n) is 50.3. The molecule has 0 aromatic heterocycles. The highest BCUT2D eigenvalue weighted by molar-refractivity contribution is 5.71. The molecule has 6 nitrogen and oxygen atoms in total. The van der Waals surface area contributed by atoms with Crippen molar-refractivity contribution in [1.82, 2.24) is 0 Å². The van der Waals surface area contributed by atoms with Crippen LogP contribution in [0.15, 0.2) is 182 Å². The maximum atomic E-state index is 12.8. The van der Waals surface area contributed by atoms with Gasteiger partial charge in [-0.1, -0.05) is 261 Å². The minimum absolute atomic E-state index is 0.106. The van der Waals surface area contributed by atoms with Crippen LogP contribution < -0.4 is 0 Å². The molecule has 0 bridgehead atoms. The predicted molar refractivity (Wildman–Crippen MR) is 343 cm³/mol. The van der Waals surface area contributed by atoms with Crippen LogP contribution in [0, 0.1) is 0 Å². The molecule has 440 valence electrons. The first-order valence-corrected chi connectivity index (χ1v) is 31.3. The van der Waals surface area contributed by atoms with E-state index in [1.807, 2.05) is 0 Å². The Bertz CT molecular complexity index is 1870. The summed E-state index contributed by atoms with van der Waals surface area (Å²) in [6.07, 6.45) is 98.0. The van der Waals surface area contributed by atoms with Crippen LogP contribution in [0.3, 0.4) is 0 Å². The third-order valence-corrected chi connectivity index (χ3v) is 12.4. The molecule has 0 N–H and O–H groups in total. The molecule has 0 radical (unpaired) electrons. The van der Waals surface area contributed by atoms with Crippen LogP contribution >= 0.6 is 0 Å². The summed E-state index contributed by atoms with van der Waals surface area (Å²) in [7, 11) is 0. The second-order valence-electron chi connectivity index (χ2n) is 19.9. The average molecular weight is 1090 g/mol. The van der Waals surface area contributed by atoms with Crippen LogP contribution in [-0.2, 0) is 28.6 Å². The number of esters is 3. The second kappa shape index (κ2) is 65.0. The van der Waals surface area contributed by atoms with Crippen molar-refractivity contribution in [3.05, 3.63) is 182 Å². The van der Waals surface area contributed by atoms with E-state index in [1.54, 1.807) is 0 Å². The van der Waals surface area contributed by atoms with Gasteiger partial charge >= 0.3 is 17.9 Å². The molecule has 0 aromatic carbocycles. The highest BCUT2D eigenvalue weighted by Gasteiger charge is 2.19. The standard InChI is InChI=1S/C73H112O6/c1-4-7-10-13-15-17-19-21-23-25-27-29-31-32-33-34-35-36-37-38-39-40-42-43-45-47-49-51-53-55-57-60-63-66-72(75)78-69-70(68-77-71(74)65-62-59-12-9-6-3)79-73(76)67-64-61-58-56-54-52-50-48-46-44-41-30-28-26-24-22-20-18-16-14-11-8-5-2/h7-8,10-11,15-18,21-24,27-30,32-33,35-36,38-39,42-44,46-47,49,53,55,70H,4-6,9,12-14,19-20,25-26,31,34,37,40-41,45,48,50-52,54,56-69H2,1-3H3/b10-7-,11-8-,17-15-,18-16-,23-21-,24-22-,29-27-,30-28-,33-32-,36-35-,39-38-,43-42-,46-44-,49-47-,55-53-. The first-order chi connectivity index (χ1) is 39.0. The molecule has 0 aliphatic heterocycles. The number of hydrogen-bond donors (Lipinski definition) is 0. The molecule has 0 saturated carbocycles. The fraction of sp³-hybridized carbons (Fsp3) is 0.548. The van der Waals surface area contributed by atoms with Gasteiger partial charge in [-0.25, -0.2) is 0 Å². The molecular formula is C73H112O6. The van der Waals surface area contributed by atoms with Crippen LogP contribution in [0.25, 0.3) is 0 Å². The van der Waals surface area contributed by atoms with Gasteiger partial charge in [0.1, 0.15) is 13.2 Å². The Morgan fingerprint density at radius 3 is 0.797 bits per heavy atom. The van der Waals surface area contributed by atoms with E-state index in [-0.39, 0.29) is 31.1 Å². The van der Waals surface area contributed by atoms with Crippen molar-refractivity contribution >= 4 is 17.9 Å². The molecule has 79 heavy (non-hydrogen) atoms. The lowest BCUT2D eigenvalue weighted by molar-refractivity contribution is -0.167. The lowest BCUT2D eigenvalue weighted by Crippen LogP contribution is -2.30. The van der Waals surface area contributed by atoms with E-state index in [9.17, 15) is 14.4 Å². The van der Waals surface area contributed by atoms with Crippen molar-refractivity contribution in [3.8, 4) is 0 Å². The topological polar surface area (TPSA) is 78.9 Å². The van der Waals surface area contributed by atoms with E-state index in [2.05, 4.69) is 203 Å². The van der Waals surface area contributed by atoms with E-state index in [1.165, 1.54) is 19.3 Å². The molecule has 0 rings (SSSR count). The summed E-state index contributed by atoms with van der Waals surface area (Å²) < 4.78 is 16.7. The van der Waals surface area contributed by atoms with Gasteiger partial charge in [0.25, 0.3) is 0 Å². The lowest BCUT2D eigenvalue weighted by Gasteiger charge is -2.18. The van der Waals surface area contributed by atoms with Crippen molar-refractivity contribution in [1.29, 1.82) is 0 Å². The van der Waals surface area contributed by atoms with Crippen molar-refractivity contribution in [2.45, 2.75) is 245 Å². The summed E-state index contributed by atoms with van der Waals surface area (Å²) in [6.45, 7) is 6.26. The summed E-state index contributed by atoms with van der Waals surface area (Å²) >= 11 is 0. The molecule has 1 unspecified atom stereocenters. The fourth-order valence-corrected chi connectivity index (χ4v) is 7.79. The number of hydrogen-bond acceptors (Lipinski definition) is 6. The Kier molecular flexibility index (Phi) is 60.5. The van der Waals surface area contributed by atoms with Crippen LogP contribution in [0.4, 0.5) is 0 Å². The third kappa shape index (κ3) is 63.2. The lowest BCUT2D eigenvalue weighted by atomic mass is 10.1. The Hall–Kier alpha value is -5.49. The Labute approximate surface area is 484 Å². The summed E-state index contributed by atoms with van der Waals surface area (Å²) in [4.78, 5) is 37.9. The molecule has 0 aromatic rings. The number of ether oxygens (including phenoxy) is 3. The highest BCUT2D eigenvalue weighted by Crippen LogP contribution is 2.13. The minimum Gasteiger partial charge on any atom is -0.462 e. The van der Waals surface area contributed by atoms with Gasteiger partial charge in [0, 0.05) is 19.3 Å². The number of unbranched alkanes of at least 4 members (excludes halogenated alkanes) is 13. The van der Waals surface area contributed by atoms with E-state index >= 15 is 0 Å². The van der Waals surface area contributed by atoms with E-state index in [0.29, 0.717) is 25.7 Å². The molecule has 6 heteroatoms. The molecular weight excluding hydrogens is 973 g/mol. The SMILES string of the molecule is CC/C=C\C/C=C\C/C=C\C/C=C\C/C=C\C/C=C\C/C=C\C/C=C\C/C=C\C/C=C\CCCCC(=O)OCC(COC(=O)CCCCCCC)OC(=O)CCCCCCCCC/C=C\C/C=C\C/C=C\C/C=C\C/C=C\CC. The smallest absolute Gasteiger partial charge is 0.306 e. The maximum Gasteiger partial charge on any atom is 0.306 e. The van der Waals surface area contributed by atoms with Crippen LogP contribution in [0.5, 0.6) is 0 Å². The van der Waals surface area contributed by atoms with E-state index in [4.69, 9.17) is 14.2 Å². The van der Waals surface area contributed by atoms with E-state index < -0.39 is 6.10 Å². The fourth-order valence-electron chi connectivity index (χ4n) is 7.79. The van der Waals surface area contributed by atoms with Gasteiger partial charge in [-0.2, -0.15) is 0 Å². The van der Waals surface area contributed by atoms with Crippen molar-refractivity contribution < 1.29 is 28.6 Å². The molecule has 1 atom stereocenters. The second-order valence-corrected chi connectivity index (χ2v) is 19.9. The van der Waals surface area contributed by atoms with Gasteiger partial charge in [0.05, 0.1) is 0 Å². The zero-order valence-corrected chi connectivity index (χ0v) is 50.3. The molecule has 0 heterocycles. The summed E-state index contributed by atoms with van der Waals surface area (Å²) in [5.41, 5.74) is 0. The van der Waals surface area contributed by atoms with Crippen molar-refractivity contribution in [2.24, 2.45) is 0 Å². The maximum absolute atomic E-state index is 12.8. The van der Waals surface area contributed by atoms with Gasteiger partial charge in [0.15, 0.2) is 6.10 Å². The quantitative estimate of drug-likeness (QED) is 0.0261. The number of rotatable bonds is 54. The predicted octanol–water partition coefficient (Wildman–Crippen LogP) is 21.7. The monoisotopic (exact) mass is 1080 g/mol. The zero-order chi connectivity index (χ0) is 57.1. The summed E-state index contributed by atoms with van der Waals surface area (Å²) in [5.74, 6) is -0.987. The van der Waals surface area contributed by atoms with Crippen LogP contribution in [0.2, 0.25) is 0 Å². The van der Waals surface area contributed by atoms with Crippen molar-refractivity contribution in [3.63, 3.8) is 0 Å². The van der Waals surface area contributed by atoms with Crippen LogP contribution in [0.1, 0.15) is 239 Å². The largest absolute Gasteiger partial charge is 0.462 e. The third-order valence-electron chi connectivity index (χ3n) is 12.4. The summed E-state index contributed by atoms with van der Waals surface area (Å²) in [5, 5.41) is 0. The van der Waals surface area contributed by atoms with Crippen LogP contribution in [-0.4, -0.2) is 37.2 Å². The Morgan fingerprint density at radius 2 is 0.494 bits per heavy atom. The summed E-state index contributed by atoms with van der Waals surface area (Å²) in [6, 6.07) is 0. The molecule has 0 fully saturated rings. The van der Waals surface area contributed by atoms with Crippen molar-refractivity contribution in [2.75, 3.05) is 13.2 Å².